The van der Waals surface area contributed by atoms with Crippen LogP contribution in [-0.2, 0) is 24.2 Å². The second-order valence-corrected chi connectivity index (χ2v) is 12.3. The highest BCUT2D eigenvalue weighted by atomic mass is 32.2. The van der Waals surface area contributed by atoms with Crippen LogP contribution in [0, 0.1) is 6.92 Å². The molecule has 3 heterocycles. The van der Waals surface area contributed by atoms with Crippen molar-refractivity contribution < 1.29 is 22.6 Å². The van der Waals surface area contributed by atoms with Crippen LogP contribution in [0.4, 0.5) is 0 Å². The summed E-state index contributed by atoms with van der Waals surface area (Å²) < 4.78 is 46.7. The molecule has 2 fully saturated rings. The highest BCUT2D eigenvalue weighted by Gasteiger charge is 2.68. The molecule has 31 heavy (non-hydrogen) atoms. The first-order chi connectivity index (χ1) is 13.9. The summed E-state index contributed by atoms with van der Waals surface area (Å²) >= 11 is 0. The molecule has 10 nitrogen and oxygen atoms in total. The molecule has 0 amide bonds. The molecular weight excluding hydrogens is 426 g/mol. The van der Waals surface area contributed by atoms with Crippen LogP contribution in [0.25, 0.3) is 0 Å². The zero-order chi connectivity index (χ0) is 23.6. The number of ether oxygens (including phenoxy) is 3. The van der Waals surface area contributed by atoms with Crippen LogP contribution in [0.15, 0.2) is 15.8 Å². The zero-order valence-corrected chi connectivity index (χ0v) is 20.2. The number of nitrogens with zero attached hydrogens (tertiary/aromatic N) is 2. The third-order valence-electron chi connectivity index (χ3n) is 5.31. The lowest BCUT2D eigenvalue weighted by molar-refractivity contribution is -0.189. The second-order valence-electron chi connectivity index (χ2n) is 10.4. The van der Waals surface area contributed by atoms with Gasteiger partial charge in [-0.2, -0.15) is 4.31 Å². The Morgan fingerprint density at radius 1 is 1.19 bits per heavy atom. The van der Waals surface area contributed by atoms with Gasteiger partial charge in [-0.05, 0) is 48.5 Å². The van der Waals surface area contributed by atoms with Crippen molar-refractivity contribution in [2.45, 2.75) is 83.6 Å². The lowest BCUT2D eigenvalue weighted by Crippen LogP contribution is -2.52. The van der Waals surface area contributed by atoms with Crippen molar-refractivity contribution >= 4 is 10.0 Å². The van der Waals surface area contributed by atoms with Gasteiger partial charge in [0.15, 0.2) is 6.23 Å². The predicted molar refractivity (Wildman–Crippen MR) is 115 cm³/mol. The topological polar surface area (TPSA) is 120 Å². The van der Waals surface area contributed by atoms with Crippen molar-refractivity contribution in [1.82, 2.24) is 13.9 Å². The Morgan fingerprint density at radius 3 is 2.32 bits per heavy atom. The van der Waals surface area contributed by atoms with E-state index in [-0.39, 0.29) is 13.2 Å². The van der Waals surface area contributed by atoms with Crippen molar-refractivity contribution in [3.8, 4) is 0 Å². The summed E-state index contributed by atoms with van der Waals surface area (Å²) in [5.74, 6) is 0. The van der Waals surface area contributed by atoms with E-state index >= 15 is 0 Å². The van der Waals surface area contributed by atoms with Crippen LogP contribution in [0.5, 0.6) is 0 Å². The minimum absolute atomic E-state index is 0.0426. The highest BCUT2D eigenvalue weighted by molar-refractivity contribution is 7.88. The number of aryl methyl sites for hydroxylation is 1. The number of H-pyrrole nitrogens is 1. The molecule has 1 aromatic rings. The fourth-order valence-electron chi connectivity index (χ4n) is 4.02. The third-order valence-corrected chi connectivity index (χ3v) is 6.53. The molecule has 2 bridgehead atoms. The molecule has 2 aliphatic heterocycles. The van der Waals surface area contributed by atoms with Gasteiger partial charge in [0.2, 0.25) is 10.0 Å². The quantitative estimate of drug-likeness (QED) is 0.690. The van der Waals surface area contributed by atoms with Gasteiger partial charge in [0.25, 0.3) is 5.56 Å². The van der Waals surface area contributed by atoms with E-state index in [1.807, 2.05) is 41.5 Å². The largest absolute Gasteiger partial charge is 0.373 e. The Morgan fingerprint density at radius 2 is 1.81 bits per heavy atom. The molecule has 2 aliphatic rings. The number of rotatable bonds is 5. The van der Waals surface area contributed by atoms with Gasteiger partial charge in [0, 0.05) is 18.3 Å². The van der Waals surface area contributed by atoms with E-state index in [1.54, 1.807) is 6.92 Å². The molecule has 0 aliphatic carbocycles. The van der Waals surface area contributed by atoms with Gasteiger partial charge < -0.3 is 14.2 Å². The van der Waals surface area contributed by atoms with Gasteiger partial charge in [-0.3, -0.25) is 14.3 Å². The smallest absolute Gasteiger partial charge is 0.330 e. The molecule has 0 unspecified atom stereocenters. The standard InChI is InChI=1S/C20H33N3O7S/c1-12-9-22(17(25)21-15(12)24)16-13-14(29-19(5,6)7)20(30-16,11-28-18(2,3)4)10-23(13)31(8,26)27/h9,13-14,16H,10-11H2,1-8H3,(H,21,24,25)/t13-,14+,16-,20-/m1/s1. The number of hydrogen-bond donors (Lipinski definition) is 1. The number of aromatic nitrogens is 2. The van der Waals surface area contributed by atoms with Crippen molar-refractivity contribution in [1.29, 1.82) is 0 Å². The average molecular weight is 460 g/mol. The van der Waals surface area contributed by atoms with Crippen LogP contribution >= 0.6 is 0 Å². The Balaban J connectivity index is 2.16. The highest BCUT2D eigenvalue weighted by Crippen LogP contribution is 2.50. The first-order valence-electron chi connectivity index (χ1n) is 10.2. The van der Waals surface area contributed by atoms with E-state index < -0.39 is 56.4 Å². The molecule has 0 aromatic carbocycles. The summed E-state index contributed by atoms with van der Waals surface area (Å²) in [6.45, 7) is 13.0. The molecule has 0 saturated carbocycles. The molecule has 0 spiro atoms. The number of sulfonamides is 1. The van der Waals surface area contributed by atoms with Crippen LogP contribution in [0.2, 0.25) is 0 Å². The zero-order valence-electron chi connectivity index (χ0n) is 19.4. The average Bonchev–Trinajstić information content (AvgIpc) is 3.03. The van der Waals surface area contributed by atoms with E-state index in [4.69, 9.17) is 14.2 Å². The van der Waals surface area contributed by atoms with Crippen LogP contribution in [0.3, 0.4) is 0 Å². The molecular formula is C20H33N3O7S. The van der Waals surface area contributed by atoms with Gasteiger partial charge >= 0.3 is 5.69 Å². The summed E-state index contributed by atoms with van der Waals surface area (Å²) in [7, 11) is -3.66. The lowest BCUT2D eigenvalue weighted by atomic mass is 9.98. The van der Waals surface area contributed by atoms with Crippen molar-refractivity contribution in [2.75, 3.05) is 19.4 Å². The van der Waals surface area contributed by atoms with Gasteiger partial charge in [0.1, 0.15) is 11.7 Å². The number of morpholine rings is 1. The van der Waals surface area contributed by atoms with Crippen molar-refractivity contribution in [3.05, 3.63) is 32.6 Å². The number of fused-ring (bicyclic) bond motifs is 2. The Labute approximate surface area is 182 Å². The van der Waals surface area contributed by atoms with Gasteiger partial charge in [-0.25, -0.2) is 13.2 Å². The van der Waals surface area contributed by atoms with Crippen molar-refractivity contribution in [3.63, 3.8) is 0 Å². The maximum atomic E-state index is 12.7. The predicted octanol–water partition coefficient (Wildman–Crippen LogP) is 0.755. The molecule has 1 aromatic heterocycles. The fraction of sp³-hybridized carbons (Fsp3) is 0.800. The minimum Gasteiger partial charge on any atom is -0.373 e. The number of hydrogen-bond acceptors (Lipinski definition) is 7. The minimum atomic E-state index is -3.66. The number of nitrogens with one attached hydrogen (secondary N) is 1. The normalized spacial score (nSPS) is 29.6. The molecule has 1 N–H and O–H groups in total. The van der Waals surface area contributed by atoms with Crippen LogP contribution in [0.1, 0.15) is 53.3 Å². The molecule has 3 rings (SSSR count). The SMILES string of the molecule is Cc1cn([C@@H]2O[C@@]3(COC(C)(C)C)CN(S(C)(=O)=O)[C@@H]2[C@@H]3OC(C)(C)C)c(=O)[nH]c1=O. The number of aromatic amines is 1. The van der Waals surface area contributed by atoms with E-state index in [0.29, 0.717) is 5.56 Å². The summed E-state index contributed by atoms with van der Waals surface area (Å²) in [4.78, 5) is 26.7. The van der Waals surface area contributed by atoms with Crippen LogP contribution < -0.4 is 11.2 Å². The molecule has 4 atom stereocenters. The summed E-state index contributed by atoms with van der Waals surface area (Å²) in [6.07, 6.45) is 0.841. The van der Waals surface area contributed by atoms with Gasteiger partial charge in [-0.15, -0.1) is 0 Å². The summed E-state index contributed by atoms with van der Waals surface area (Å²) in [5, 5.41) is 0. The lowest BCUT2D eigenvalue weighted by Gasteiger charge is -2.37. The fourth-order valence-corrected chi connectivity index (χ4v) is 5.13. The second kappa shape index (κ2) is 7.51. The van der Waals surface area contributed by atoms with E-state index in [1.165, 1.54) is 15.1 Å². The van der Waals surface area contributed by atoms with Crippen LogP contribution in [-0.4, -0.2) is 70.6 Å². The first-order valence-corrected chi connectivity index (χ1v) is 12.1. The molecule has 176 valence electrons. The third kappa shape index (κ3) is 4.80. The Hall–Kier alpha value is -1.53. The van der Waals surface area contributed by atoms with Gasteiger partial charge in [0.05, 0.1) is 30.1 Å². The Kier molecular flexibility index (Phi) is 5.85. The maximum Gasteiger partial charge on any atom is 0.330 e. The monoisotopic (exact) mass is 459 g/mol. The van der Waals surface area contributed by atoms with Gasteiger partial charge in [-0.1, -0.05) is 0 Å². The summed E-state index contributed by atoms with van der Waals surface area (Å²) in [6, 6.07) is -0.805. The molecule has 2 saturated heterocycles. The Bertz CT molecular complexity index is 1060. The van der Waals surface area contributed by atoms with Crippen molar-refractivity contribution in [2.24, 2.45) is 0 Å². The van der Waals surface area contributed by atoms with E-state index in [0.717, 1.165) is 6.26 Å². The molecule has 11 heteroatoms. The summed E-state index contributed by atoms with van der Waals surface area (Å²) in [5.41, 5.74) is -3.09. The maximum absolute atomic E-state index is 12.7. The molecule has 0 radical (unpaired) electrons. The first kappa shape index (κ1) is 24.1. The van der Waals surface area contributed by atoms with E-state index in [9.17, 15) is 18.0 Å². The van der Waals surface area contributed by atoms with E-state index in [2.05, 4.69) is 4.98 Å².